The van der Waals surface area contributed by atoms with Gasteiger partial charge in [0.25, 0.3) is 0 Å². The quantitative estimate of drug-likeness (QED) is 0.789. The van der Waals surface area contributed by atoms with Gasteiger partial charge in [-0.1, -0.05) is 9.95 Å². The van der Waals surface area contributed by atoms with E-state index in [2.05, 4.69) is 12.5 Å². The van der Waals surface area contributed by atoms with Gasteiger partial charge in [0.15, 0.2) is 11.5 Å². The third kappa shape index (κ3) is 2.29. The molecule has 0 fully saturated rings. The van der Waals surface area contributed by atoms with Crippen LogP contribution in [-0.4, -0.2) is 17.5 Å². The third-order valence-electron chi connectivity index (χ3n) is 1.52. The molecule has 1 aliphatic rings. The van der Waals surface area contributed by atoms with Gasteiger partial charge in [-0.25, -0.2) is 0 Å². The minimum absolute atomic E-state index is 0.152. The predicted octanol–water partition coefficient (Wildman–Crippen LogP) is 1.63. The molecule has 1 aliphatic heterocycles. The molecule has 2 N–H and O–H groups in total. The molecule has 10 heteroatoms. The summed E-state index contributed by atoms with van der Waals surface area (Å²) in [7, 11) is -5.23. The molecule has 2 rings (SSSR count). The highest BCUT2D eigenvalue weighted by Crippen LogP contribution is 2.57. The first kappa shape index (κ1) is 11.3. The highest BCUT2D eigenvalue weighted by atomic mass is 32.3. The molecule has 1 aromatic carbocycles. The molecule has 0 radical (unpaired) electrons. The first-order valence-corrected chi connectivity index (χ1v) is 6.41. The molecule has 0 atom stereocenters. The standard InChI is InChI=1S/C6H5FO7S2/c7-15(8,9)12-4-2-1-3-5-6(4)14-16(10,11)13-5/h1-3,10-11H. The number of halogens is 1. The summed E-state index contributed by atoms with van der Waals surface area (Å²) in [5, 5.41) is 0. The fraction of sp³-hybridized carbons (Fsp3) is 0. The van der Waals surface area contributed by atoms with Crippen LogP contribution in [0.5, 0.6) is 17.2 Å². The number of benzene rings is 1. The van der Waals surface area contributed by atoms with E-state index in [9.17, 15) is 12.3 Å². The van der Waals surface area contributed by atoms with Crippen LogP contribution in [-0.2, 0) is 10.5 Å². The zero-order chi connectivity index (χ0) is 12.0. The maximum Gasteiger partial charge on any atom is 0.488 e. The summed E-state index contributed by atoms with van der Waals surface area (Å²) in [6.45, 7) is 0. The van der Waals surface area contributed by atoms with Crippen molar-refractivity contribution in [2.24, 2.45) is 0 Å². The zero-order valence-electron chi connectivity index (χ0n) is 7.36. The number of para-hydroxylation sites is 1. The Balaban J connectivity index is 2.41. The Hall–Kier alpha value is -1.23. The second-order valence-electron chi connectivity index (χ2n) is 2.67. The van der Waals surface area contributed by atoms with Gasteiger partial charge in [-0.3, -0.25) is 9.11 Å². The number of fused-ring (bicyclic) bond motifs is 1. The lowest BCUT2D eigenvalue weighted by molar-refractivity contribution is 0.324. The van der Waals surface area contributed by atoms with Crippen molar-refractivity contribution < 1.29 is 34.0 Å². The first-order chi connectivity index (χ1) is 7.27. The Morgan fingerprint density at radius 3 is 2.62 bits per heavy atom. The molecule has 7 nitrogen and oxygen atoms in total. The highest BCUT2D eigenvalue weighted by Gasteiger charge is 2.36. The summed E-state index contributed by atoms with van der Waals surface area (Å²) in [4.78, 5) is 0. The molecule has 0 amide bonds. The van der Waals surface area contributed by atoms with Crippen LogP contribution >= 0.6 is 11.2 Å². The van der Waals surface area contributed by atoms with Crippen molar-refractivity contribution in [3.63, 3.8) is 0 Å². The Morgan fingerprint density at radius 1 is 1.31 bits per heavy atom. The van der Waals surface area contributed by atoms with Gasteiger partial charge < -0.3 is 12.5 Å². The third-order valence-corrected chi connectivity index (χ3v) is 2.68. The zero-order valence-corrected chi connectivity index (χ0v) is 9.00. The van der Waals surface area contributed by atoms with Crippen molar-refractivity contribution in [1.82, 2.24) is 0 Å². The summed E-state index contributed by atoms with van der Waals surface area (Å²) in [5.41, 5.74) is 0. The fourth-order valence-corrected chi connectivity index (χ4v) is 2.19. The molecule has 0 bridgehead atoms. The van der Waals surface area contributed by atoms with E-state index in [1.807, 2.05) is 0 Å². The molecular weight excluding hydrogens is 267 g/mol. The van der Waals surface area contributed by atoms with E-state index in [0.717, 1.165) is 6.07 Å². The van der Waals surface area contributed by atoms with Crippen molar-refractivity contribution in [3.8, 4) is 17.2 Å². The van der Waals surface area contributed by atoms with Crippen molar-refractivity contribution in [2.75, 3.05) is 0 Å². The van der Waals surface area contributed by atoms with Crippen molar-refractivity contribution in [3.05, 3.63) is 18.2 Å². The van der Waals surface area contributed by atoms with E-state index < -0.39 is 27.4 Å². The molecule has 0 aliphatic carbocycles. The summed E-state index contributed by atoms with van der Waals surface area (Å²) >= 11 is -3.78. The van der Waals surface area contributed by atoms with Gasteiger partial charge in [-0.15, -0.1) is 0 Å². The Bertz CT molecular complexity index is 526. The lowest BCUT2D eigenvalue weighted by Gasteiger charge is -2.15. The monoisotopic (exact) mass is 272 g/mol. The molecule has 0 unspecified atom stereocenters. The molecule has 90 valence electrons. The number of hydrogen-bond donors (Lipinski definition) is 2. The average molecular weight is 272 g/mol. The normalized spacial score (nSPS) is 19.2. The SMILES string of the molecule is O=S(=O)(F)Oc1cccc2c1OS(O)(O)O2. The van der Waals surface area contributed by atoms with Crippen molar-refractivity contribution >= 4 is 21.7 Å². The van der Waals surface area contributed by atoms with Gasteiger partial charge in [0.2, 0.25) is 5.75 Å². The minimum Gasteiger partial charge on any atom is -0.370 e. The van der Waals surface area contributed by atoms with Gasteiger partial charge in [-0.05, 0) is 12.1 Å². The molecule has 0 spiro atoms. The molecule has 0 saturated carbocycles. The smallest absolute Gasteiger partial charge is 0.370 e. The van der Waals surface area contributed by atoms with Crippen LogP contribution in [0.15, 0.2) is 18.2 Å². The molecule has 1 heterocycles. The van der Waals surface area contributed by atoms with Crippen LogP contribution in [0.3, 0.4) is 0 Å². The Kier molecular flexibility index (Phi) is 2.38. The topological polar surface area (TPSA) is 102 Å². The van der Waals surface area contributed by atoms with E-state index in [1.54, 1.807) is 0 Å². The van der Waals surface area contributed by atoms with E-state index >= 15 is 0 Å². The second kappa shape index (κ2) is 3.38. The molecule has 0 saturated heterocycles. The molecular formula is C6H5FO7S2. The summed E-state index contributed by atoms with van der Waals surface area (Å²) in [6.07, 6.45) is 0. The van der Waals surface area contributed by atoms with Crippen molar-refractivity contribution in [1.29, 1.82) is 0 Å². The Morgan fingerprint density at radius 2 is 2.00 bits per heavy atom. The van der Waals surface area contributed by atoms with Crippen LogP contribution in [0, 0.1) is 0 Å². The highest BCUT2D eigenvalue weighted by molar-refractivity contribution is 8.16. The summed E-state index contributed by atoms with van der Waals surface area (Å²) < 4.78 is 63.8. The molecule has 0 aromatic heterocycles. The van der Waals surface area contributed by atoms with Crippen LogP contribution in [0.4, 0.5) is 3.89 Å². The van der Waals surface area contributed by atoms with E-state index in [-0.39, 0.29) is 11.5 Å². The maximum absolute atomic E-state index is 12.3. The van der Waals surface area contributed by atoms with Gasteiger partial charge in [0.05, 0.1) is 0 Å². The lowest BCUT2D eigenvalue weighted by atomic mass is 10.3. The fourth-order valence-electron chi connectivity index (χ4n) is 1.06. The van der Waals surface area contributed by atoms with E-state index in [4.69, 9.17) is 9.11 Å². The van der Waals surface area contributed by atoms with Crippen LogP contribution < -0.4 is 12.5 Å². The van der Waals surface area contributed by atoms with Crippen LogP contribution in [0.2, 0.25) is 0 Å². The molecule has 16 heavy (non-hydrogen) atoms. The second-order valence-corrected chi connectivity index (χ2v) is 4.86. The largest absolute Gasteiger partial charge is 0.488 e. The maximum atomic E-state index is 12.3. The first-order valence-electron chi connectivity index (χ1n) is 3.71. The van der Waals surface area contributed by atoms with Gasteiger partial charge in [-0.2, -0.15) is 8.42 Å². The van der Waals surface area contributed by atoms with Gasteiger partial charge >= 0.3 is 21.7 Å². The summed E-state index contributed by atoms with van der Waals surface area (Å²) in [5.74, 6) is -1.07. The van der Waals surface area contributed by atoms with E-state index in [0.29, 0.717) is 0 Å². The minimum atomic E-state index is -5.23. The average Bonchev–Trinajstić information content (AvgIpc) is 2.37. The number of hydrogen-bond acceptors (Lipinski definition) is 7. The predicted molar refractivity (Wildman–Crippen MR) is 51.2 cm³/mol. The van der Waals surface area contributed by atoms with Crippen LogP contribution in [0.25, 0.3) is 0 Å². The molecule has 1 aromatic rings. The Labute approximate surface area is 91.5 Å². The van der Waals surface area contributed by atoms with E-state index in [1.165, 1.54) is 12.1 Å². The lowest BCUT2D eigenvalue weighted by Crippen LogP contribution is -2.05. The van der Waals surface area contributed by atoms with Crippen LogP contribution in [0.1, 0.15) is 0 Å². The van der Waals surface area contributed by atoms with Gasteiger partial charge in [0.1, 0.15) is 0 Å². The summed E-state index contributed by atoms with van der Waals surface area (Å²) in [6, 6.07) is 3.61. The van der Waals surface area contributed by atoms with Gasteiger partial charge in [0, 0.05) is 0 Å². The number of rotatable bonds is 2. The van der Waals surface area contributed by atoms with Crippen molar-refractivity contribution in [2.45, 2.75) is 0 Å².